The van der Waals surface area contributed by atoms with Gasteiger partial charge < -0.3 is 9.80 Å². The number of hydrogen-bond donors (Lipinski definition) is 0. The van der Waals surface area contributed by atoms with Crippen molar-refractivity contribution in [1.82, 2.24) is 0 Å². The van der Waals surface area contributed by atoms with Crippen LogP contribution < -0.4 is 9.80 Å². The number of benzene rings is 1. The molecular formula is C15H17N3O. The monoisotopic (exact) mass is 255 g/mol. The highest BCUT2D eigenvalue weighted by atomic mass is 16.2. The molecule has 1 aromatic rings. The topological polar surface area (TPSA) is 47.3 Å². The van der Waals surface area contributed by atoms with Gasteiger partial charge in [-0.25, -0.2) is 0 Å². The molecule has 0 spiro atoms. The fraction of sp³-hybridized carbons (Fsp3) is 0.467. The van der Waals surface area contributed by atoms with Crippen LogP contribution in [0.3, 0.4) is 0 Å². The van der Waals surface area contributed by atoms with E-state index in [1.807, 2.05) is 12.1 Å². The lowest BCUT2D eigenvalue weighted by molar-refractivity contribution is -0.117. The molecule has 1 heterocycles. The average molecular weight is 255 g/mol. The van der Waals surface area contributed by atoms with Gasteiger partial charge in [0, 0.05) is 13.1 Å². The summed E-state index contributed by atoms with van der Waals surface area (Å²) in [5.74, 6) is 0.129. The maximum Gasteiger partial charge on any atom is 0.246 e. The van der Waals surface area contributed by atoms with Crippen LogP contribution in [-0.2, 0) is 4.79 Å². The number of amides is 1. The summed E-state index contributed by atoms with van der Waals surface area (Å²) in [6, 6.07) is 8.21. The molecule has 1 saturated carbocycles. The Morgan fingerprint density at radius 3 is 2.68 bits per heavy atom. The normalized spacial score (nSPS) is 19.5. The standard InChI is InChI=1S/C15H17N3O/c1-17-13-7-6-11(9-16)8-14(13)18(10-15(17)19)12-4-2-3-5-12/h6-8,12H,2-5,10H2,1H3. The third kappa shape index (κ3) is 1.95. The van der Waals surface area contributed by atoms with Crippen LogP contribution in [0.5, 0.6) is 0 Å². The van der Waals surface area contributed by atoms with Crippen molar-refractivity contribution < 1.29 is 4.79 Å². The highest BCUT2D eigenvalue weighted by molar-refractivity contribution is 6.03. The predicted molar refractivity (Wildman–Crippen MR) is 74.2 cm³/mol. The summed E-state index contributed by atoms with van der Waals surface area (Å²) in [6.45, 7) is 0.434. The minimum atomic E-state index is 0.129. The first-order valence-electron chi connectivity index (χ1n) is 6.78. The second-order valence-corrected chi connectivity index (χ2v) is 5.33. The van der Waals surface area contributed by atoms with E-state index in [9.17, 15) is 4.79 Å². The van der Waals surface area contributed by atoms with Crippen molar-refractivity contribution in [1.29, 1.82) is 5.26 Å². The van der Waals surface area contributed by atoms with Crippen molar-refractivity contribution in [2.75, 3.05) is 23.4 Å². The molecule has 0 unspecified atom stereocenters. The first kappa shape index (κ1) is 12.0. The Kier molecular flexibility index (Phi) is 2.90. The van der Waals surface area contributed by atoms with E-state index in [0.717, 1.165) is 24.2 Å². The zero-order chi connectivity index (χ0) is 13.4. The second kappa shape index (κ2) is 4.58. The molecule has 0 radical (unpaired) electrons. The Bertz CT molecular complexity index is 555. The molecule has 2 aliphatic rings. The summed E-state index contributed by atoms with van der Waals surface area (Å²) in [5, 5.41) is 9.06. The van der Waals surface area contributed by atoms with E-state index in [1.54, 1.807) is 18.0 Å². The average Bonchev–Trinajstić information content (AvgIpc) is 2.96. The van der Waals surface area contributed by atoms with Crippen LogP contribution in [0.15, 0.2) is 18.2 Å². The number of rotatable bonds is 1. The zero-order valence-electron chi connectivity index (χ0n) is 11.1. The summed E-state index contributed by atoms with van der Waals surface area (Å²) < 4.78 is 0. The molecule has 0 bridgehead atoms. The number of carbonyl (C=O) groups is 1. The molecule has 0 atom stereocenters. The Morgan fingerprint density at radius 1 is 1.26 bits per heavy atom. The Hall–Kier alpha value is -2.02. The lowest BCUT2D eigenvalue weighted by atomic mass is 10.1. The van der Waals surface area contributed by atoms with E-state index in [0.29, 0.717) is 18.2 Å². The molecule has 98 valence electrons. The number of likely N-dealkylation sites (N-methyl/N-ethyl adjacent to an activating group) is 1. The van der Waals surface area contributed by atoms with E-state index in [2.05, 4.69) is 11.0 Å². The molecule has 0 saturated heterocycles. The van der Waals surface area contributed by atoms with Gasteiger partial charge in [-0.2, -0.15) is 5.26 Å². The molecule has 0 N–H and O–H groups in total. The summed E-state index contributed by atoms with van der Waals surface area (Å²) >= 11 is 0. The van der Waals surface area contributed by atoms with Crippen molar-refractivity contribution in [3.8, 4) is 6.07 Å². The number of anilines is 2. The van der Waals surface area contributed by atoms with Crippen molar-refractivity contribution in [3.63, 3.8) is 0 Å². The molecule has 1 amide bonds. The van der Waals surface area contributed by atoms with E-state index >= 15 is 0 Å². The first-order valence-corrected chi connectivity index (χ1v) is 6.78. The van der Waals surface area contributed by atoms with Gasteiger partial charge in [-0.15, -0.1) is 0 Å². The molecular weight excluding hydrogens is 238 g/mol. The van der Waals surface area contributed by atoms with Crippen molar-refractivity contribution >= 4 is 17.3 Å². The van der Waals surface area contributed by atoms with Gasteiger partial charge in [0.15, 0.2) is 0 Å². The van der Waals surface area contributed by atoms with Crippen LogP contribution in [0.25, 0.3) is 0 Å². The molecule has 4 nitrogen and oxygen atoms in total. The van der Waals surface area contributed by atoms with Crippen molar-refractivity contribution in [3.05, 3.63) is 23.8 Å². The van der Waals surface area contributed by atoms with Gasteiger partial charge in [-0.3, -0.25) is 4.79 Å². The molecule has 1 aliphatic heterocycles. The Morgan fingerprint density at radius 2 is 2.00 bits per heavy atom. The molecule has 0 aromatic heterocycles. The van der Waals surface area contributed by atoms with Crippen LogP contribution in [0.2, 0.25) is 0 Å². The number of fused-ring (bicyclic) bond motifs is 1. The van der Waals surface area contributed by atoms with E-state index in [1.165, 1.54) is 12.8 Å². The quantitative estimate of drug-likeness (QED) is 0.773. The van der Waals surface area contributed by atoms with Gasteiger partial charge in [-0.1, -0.05) is 12.8 Å². The van der Waals surface area contributed by atoms with Gasteiger partial charge in [0.2, 0.25) is 5.91 Å². The number of nitriles is 1. The fourth-order valence-corrected chi connectivity index (χ4v) is 3.12. The van der Waals surface area contributed by atoms with Crippen molar-refractivity contribution in [2.45, 2.75) is 31.7 Å². The highest BCUT2D eigenvalue weighted by Crippen LogP contribution is 2.38. The molecule has 1 aliphatic carbocycles. The van der Waals surface area contributed by atoms with E-state index < -0.39 is 0 Å². The summed E-state index contributed by atoms with van der Waals surface area (Å²) in [7, 11) is 1.80. The van der Waals surface area contributed by atoms with Gasteiger partial charge in [0.05, 0.1) is 29.6 Å². The maximum absolute atomic E-state index is 12.1. The maximum atomic E-state index is 12.1. The molecule has 19 heavy (non-hydrogen) atoms. The van der Waals surface area contributed by atoms with E-state index in [-0.39, 0.29) is 5.91 Å². The van der Waals surface area contributed by atoms with Gasteiger partial charge in [-0.05, 0) is 31.0 Å². The van der Waals surface area contributed by atoms with Crippen LogP contribution in [0.4, 0.5) is 11.4 Å². The first-order chi connectivity index (χ1) is 9.20. The minimum Gasteiger partial charge on any atom is -0.357 e. The fourth-order valence-electron chi connectivity index (χ4n) is 3.12. The third-order valence-electron chi connectivity index (χ3n) is 4.22. The van der Waals surface area contributed by atoms with E-state index in [4.69, 9.17) is 5.26 Å². The molecule has 3 rings (SSSR count). The van der Waals surface area contributed by atoms with Gasteiger partial charge >= 0.3 is 0 Å². The number of hydrogen-bond acceptors (Lipinski definition) is 3. The number of carbonyl (C=O) groups excluding carboxylic acids is 1. The number of nitrogens with zero attached hydrogens (tertiary/aromatic N) is 3. The SMILES string of the molecule is CN1C(=O)CN(C2CCCC2)c2cc(C#N)ccc21. The summed E-state index contributed by atoms with van der Waals surface area (Å²) in [4.78, 5) is 16.0. The Labute approximate surface area is 113 Å². The van der Waals surface area contributed by atoms with Crippen molar-refractivity contribution in [2.24, 2.45) is 0 Å². The lowest BCUT2D eigenvalue weighted by Gasteiger charge is -2.39. The largest absolute Gasteiger partial charge is 0.357 e. The smallest absolute Gasteiger partial charge is 0.246 e. The van der Waals surface area contributed by atoms with Crippen LogP contribution in [-0.4, -0.2) is 25.5 Å². The molecule has 4 heteroatoms. The van der Waals surface area contributed by atoms with Crippen LogP contribution in [0.1, 0.15) is 31.2 Å². The lowest BCUT2D eigenvalue weighted by Crippen LogP contribution is -2.47. The second-order valence-electron chi connectivity index (χ2n) is 5.33. The predicted octanol–water partition coefficient (Wildman–Crippen LogP) is 2.28. The van der Waals surface area contributed by atoms with Gasteiger partial charge in [0.25, 0.3) is 0 Å². The highest BCUT2D eigenvalue weighted by Gasteiger charge is 2.32. The molecule has 1 fully saturated rings. The summed E-state index contributed by atoms with van der Waals surface area (Å²) in [5.41, 5.74) is 2.61. The minimum absolute atomic E-state index is 0.129. The van der Waals surface area contributed by atoms with Crippen LogP contribution in [0, 0.1) is 11.3 Å². The van der Waals surface area contributed by atoms with Crippen LogP contribution >= 0.6 is 0 Å². The van der Waals surface area contributed by atoms with Gasteiger partial charge in [0.1, 0.15) is 0 Å². The zero-order valence-corrected chi connectivity index (χ0v) is 11.1. The third-order valence-corrected chi connectivity index (χ3v) is 4.22. The summed E-state index contributed by atoms with van der Waals surface area (Å²) in [6.07, 6.45) is 4.76. The Balaban J connectivity index is 2.06. The molecule has 1 aromatic carbocycles.